The molecule has 0 bridgehead atoms. The SMILES string of the molecule is CCCN(CCC)C(=O)C1CC1C(=O)N1CCN(c2ccccc2F)CC1. The van der Waals surface area contributed by atoms with E-state index in [1.807, 2.05) is 20.8 Å². The largest absolute Gasteiger partial charge is 0.366 e. The maximum absolute atomic E-state index is 13.9. The molecule has 2 unspecified atom stereocenters. The molecule has 2 fully saturated rings. The lowest BCUT2D eigenvalue weighted by Gasteiger charge is -2.36. The monoisotopic (exact) mass is 375 g/mol. The Hall–Kier alpha value is -2.11. The molecule has 5 nitrogen and oxygen atoms in total. The number of carbonyl (C=O) groups excluding carboxylic acids is 2. The Morgan fingerprint density at radius 3 is 2.26 bits per heavy atom. The molecule has 2 aliphatic rings. The van der Waals surface area contributed by atoms with Crippen molar-refractivity contribution in [1.82, 2.24) is 9.80 Å². The minimum Gasteiger partial charge on any atom is -0.366 e. The third kappa shape index (κ3) is 4.42. The molecule has 2 atom stereocenters. The summed E-state index contributed by atoms with van der Waals surface area (Å²) < 4.78 is 13.9. The van der Waals surface area contributed by atoms with Crippen LogP contribution in [0.5, 0.6) is 0 Å². The van der Waals surface area contributed by atoms with E-state index in [9.17, 15) is 14.0 Å². The lowest BCUT2D eigenvalue weighted by Crippen LogP contribution is -2.49. The zero-order valence-corrected chi connectivity index (χ0v) is 16.4. The number of carbonyl (C=O) groups is 2. The summed E-state index contributed by atoms with van der Waals surface area (Å²) in [5, 5.41) is 0. The predicted molar refractivity (Wildman–Crippen MR) is 104 cm³/mol. The van der Waals surface area contributed by atoms with Gasteiger partial charge in [-0.2, -0.15) is 0 Å². The van der Waals surface area contributed by atoms with Gasteiger partial charge in [0.05, 0.1) is 17.5 Å². The van der Waals surface area contributed by atoms with Crippen molar-refractivity contribution in [3.05, 3.63) is 30.1 Å². The van der Waals surface area contributed by atoms with Gasteiger partial charge in [-0.3, -0.25) is 9.59 Å². The first-order valence-electron chi connectivity index (χ1n) is 10.1. The molecule has 1 aromatic carbocycles. The highest BCUT2D eigenvalue weighted by atomic mass is 19.1. The molecule has 2 amide bonds. The van der Waals surface area contributed by atoms with E-state index in [-0.39, 0.29) is 29.5 Å². The Morgan fingerprint density at radius 2 is 1.67 bits per heavy atom. The van der Waals surface area contributed by atoms with E-state index in [1.54, 1.807) is 12.1 Å². The first kappa shape index (κ1) is 19.6. The summed E-state index contributed by atoms with van der Waals surface area (Å²) in [6, 6.07) is 6.75. The molecular weight excluding hydrogens is 345 g/mol. The van der Waals surface area contributed by atoms with Crippen LogP contribution >= 0.6 is 0 Å². The molecule has 6 heteroatoms. The summed E-state index contributed by atoms with van der Waals surface area (Å²) in [6.07, 6.45) is 2.55. The third-order valence-electron chi connectivity index (χ3n) is 5.51. The molecule has 148 valence electrons. The molecule has 0 spiro atoms. The van der Waals surface area contributed by atoms with Gasteiger partial charge < -0.3 is 14.7 Å². The van der Waals surface area contributed by atoms with E-state index < -0.39 is 0 Å². The van der Waals surface area contributed by atoms with Gasteiger partial charge in [-0.05, 0) is 31.4 Å². The van der Waals surface area contributed by atoms with Crippen molar-refractivity contribution in [3.8, 4) is 0 Å². The van der Waals surface area contributed by atoms with Crippen molar-refractivity contribution in [3.63, 3.8) is 0 Å². The predicted octanol–water partition coefficient (Wildman–Crippen LogP) is 2.76. The van der Waals surface area contributed by atoms with Gasteiger partial charge >= 0.3 is 0 Å². The van der Waals surface area contributed by atoms with Crippen molar-refractivity contribution < 1.29 is 14.0 Å². The minimum absolute atomic E-state index is 0.0921. The van der Waals surface area contributed by atoms with E-state index in [2.05, 4.69) is 13.8 Å². The number of halogens is 1. The Labute approximate surface area is 161 Å². The van der Waals surface area contributed by atoms with Gasteiger partial charge in [-0.1, -0.05) is 26.0 Å². The van der Waals surface area contributed by atoms with Crippen LogP contribution < -0.4 is 4.90 Å². The number of benzene rings is 1. The number of nitrogens with zero attached hydrogens (tertiary/aromatic N) is 3. The van der Waals surface area contributed by atoms with Gasteiger partial charge in [0, 0.05) is 39.3 Å². The van der Waals surface area contributed by atoms with E-state index in [4.69, 9.17) is 0 Å². The molecule has 1 aliphatic heterocycles. The summed E-state index contributed by atoms with van der Waals surface area (Å²) in [7, 11) is 0. The van der Waals surface area contributed by atoms with Crippen LogP contribution in [-0.4, -0.2) is 60.9 Å². The van der Waals surface area contributed by atoms with E-state index in [1.165, 1.54) is 6.07 Å². The number of hydrogen-bond donors (Lipinski definition) is 0. The first-order chi connectivity index (χ1) is 13.1. The number of amides is 2. The van der Waals surface area contributed by atoms with Gasteiger partial charge in [0.1, 0.15) is 5.82 Å². The quantitative estimate of drug-likeness (QED) is 0.736. The fourth-order valence-corrected chi connectivity index (χ4v) is 3.96. The molecule has 1 saturated carbocycles. The highest BCUT2D eigenvalue weighted by Crippen LogP contribution is 2.41. The summed E-state index contributed by atoms with van der Waals surface area (Å²) in [5.74, 6) is -0.289. The fraction of sp³-hybridized carbons (Fsp3) is 0.619. The van der Waals surface area contributed by atoms with Crippen LogP contribution in [0.1, 0.15) is 33.1 Å². The first-order valence-corrected chi connectivity index (χ1v) is 10.1. The molecule has 0 N–H and O–H groups in total. The second-order valence-electron chi connectivity index (χ2n) is 7.54. The average molecular weight is 375 g/mol. The standard InChI is InChI=1S/C21H30FN3O2/c1-3-9-24(10-4-2)20(26)16-15-17(16)21(27)25-13-11-23(12-14-25)19-8-6-5-7-18(19)22/h5-8,16-17H,3-4,9-15H2,1-2H3. The molecule has 1 heterocycles. The Balaban J connectivity index is 1.52. The average Bonchev–Trinajstić information content (AvgIpc) is 3.48. The Morgan fingerprint density at radius 1 is 1.04 bits per heavy atom. The van der Waals surface area contributed by atoms with Crippen LogP contribution in [0, 0.1) is 17.7 Å². The zero-order chi connectivity index (χ0) is 19.4. The summed E-state index contributed by atoms with van der Waals surface area (Å²) in [6.45, 7) is 8.08. The maximum Gasteiger partial charge on any atom is 0.226 e. The molecule has 1 saturated heterocycles. The number of piperazine rings is 1. The van der Waals surface area contributed by atoms with Gasteiger partial charge in [0.2, 0.25) is 11.8 Å². The van der Waals surface area contributed by atoms with Gasteiger partial charge in [-0.15, -0.1) is 0 Å². The summed E-state index contributed by atoms with van der Waals surface area (Å²) in [4.78, 5) is 31.2. The number of anilines is 1. The highest BCUT2D eigenvalue weighted by molar-refractivity contribution is 5.92. The number of rotatable bonds is 7. The highest BCUT2D eigenvalue weighted by Gasteiger charge is 2.50. The van der Waals surface area contributed by atoms with Gasteiger partial charge in [0.25, 0.3) is 0 Å². The molecule has 1 aliphatic carbocycles. The van der Waals surface area contributed by atoms with Crippen molar-refractivity contribution in [2.45, 2.75) is 33.1 Å². The third-order valence-corrected chi connectivity index (χ3v) is 5.51. The van der Waals surface area contributed by atoms with E-state index >= 15 is 0 Å². The lowest BCUT2D eigenvalue weighted by molar-refractivity contribution is -0.138. The second kappa shape index (κ2) is 8.72. The molecular formula is C21H30FN3O2. The Bertz CT molecular complexity index is 667. The topological polar surface area (TPSA) is 43.9 Å². The minimum atomic E-state index is -0.225. The zero-order valence-electron chi connectivity index (χ0n) is 16.4. The van der Waals surface area contributed by atoms with Crippen LogP contribution in [0.4, 0.5) is 10.1 Å². The molecule has 0 radical (unpaired) electrons. The summed E-state index contributed by atoms with van der Waals surface area (Å²) in [5.41, 5.74) is 0.596. The van der Waals surface area contributed by atoms with Crippen molar-refractivity contribution >= 4 is 17.5 Å². The van der Waals surface area contributed by atoms with E-state index in [0.29, 0.717) is 38.3 Å². The van der Waals surface area contributed by atoms with Crippen LogP contribution in [0.25, 0.3) is 0 Å². The summed E-state index contributed by atoms with van der Waals surface area (Å²) >= 11 is 0. The molecule has 1 aromatic rings. The van der Waals surface area contributed by atoms with Gasteiger partial charge in [0.15, 0.2) is 0 Å². The second-order valence-corrected chi connectivity index (χ2v) is 7.54. The maximum atomic E-state index is 13.9. The van der Waals surface area contributed by atoms with Crippen molar-refractivity contribution in [2.24, 2.45) is 11.8 Å². The van der Waals surface area contributed by atoms with Crippen LogP contribution in [0.15, 0.2) is 24.3 Å². The van der Waals surface area contributed by atoms with Crippen LogP contribution in [0.3, 0.4) is 0 Å². The molecule has 0 aromatic heterocycles. The smallest absolute Gasteiger partial charge is 0.226 e. The fourth-order valence-electron chi connectivity index (χ4n) is 3.96. The number of hydrogen-bond acceptors (Lipinski definition) is 3. The van der Waals surface area contributed by atoms with Crippen molar-refractivity contribution in [2.75, 3.05) is 44.2 Å². The molecule has 27 heavy (non-hydrogen) atoms. The lowest BCUT2D eigenvalue weighted by atomic mass is 10.2. The van der Waals surface area contributed by atoms with Gasteiger partial charge in [-0.25, -0.2) is 4.39 Å². The van der Waals surface area contributed by atoms with Crippen LogP contribution in [0.2, 0.25) is 0 Å². The molecule has 3 rings (SSSR count). The number of para-hydroxylation sites is 1. The van der Waals surface area contributed by atoms with Crippen molar-refractivity contribution in [1.29, 1.82) is 0 Å². The van der Waals surface area contributed by atoms with Crippen LogP contribution in [-0.2, 0) is 9.59 Å². The van der Waals surface area contributed by atoms with E-state index in [0.717, 1.165) is 25.9 Å². The normalized spacial score (nSPS) is 21.9. The Kier molecular flexibility index (Phi) is 6.34.